The van der Waals surface area contributed by atoms with Gasteiger partial charge in [-0.05, 0) is 13.0 Å². The molecular formula is C11H13F3N2S. The zero-order chi connectivity index (χ0) is 12.4. The lowest BCUT2D eigenvalue weighted by Gasteiger charge is -2.24. The maximum Gasteiger partial charge on any atom is 0.174 e. The minimum atomic E-state index is -1.21. The van der Waals surface area contributed by atoms with Crippen molar-refractivity contribution in [1.29, 1.82) is 0 Å². The lowest BCUT2D eigenvalue weighted by molar-refractivity contribution is 0.324. The van der Waals surface area contributed by atoms with Gasteiger partial charge in [-0.3, -0.25) is 4.99 Å². The van der Waals surface area contributed by atoms with Crippen LogP contribution in [0.2, 0.25) is 0 Å². The van der Waals surface area contributed by atoms with Gasteiger partial charge >= 0.3 is 0 Å². The summed E-state index contributed by atoms with van der Waals surface area (Å²) in [4.78, 5) is 3.92. The van der Waals surface area contributed by atoms with Crippen molar-refractivity contribution < 1.29 is 13.2 Å². The number of nitrogens with one attached hydrogen (secondary N) is 1. The molecule has 0 aromatic heterocycles. The van der Waals surface area contributed by atoms with Gasteiger partial charge in [0.25, 0.3) is 0 Å². The molecule has 0 amide bonds. The first-order chi connectivity index (χ1) is 8.13. The molecule has 0 aromatic rings. The van der Waals surface area contributed by atoms with Crippen LogP contribution in [0.5, 0.6) is 0 Å². The van der Waals surface area contributed by atoms with E-state index in [2.05, 4.69) is 10.3 Å². The maximum atomic E-state index is 13.7. The Morgan fingerprint density at radius 1 is 1.53 bits per heavy atom. The highest BCUT2D eigenvalue weighted by Crippen LogP contribution is 2.37. The Bertz CT molecular complexity index is 392. The zero-order valence-electron chi connectivity index (χ0n) is 9.29. The summed E-state index contributed by atoms with van der Waals surface area (Å²) >= 11 is 0.948. The highest BCUT2D eigenvalue weighted by molar-refractivity contribution is 8.12. The van der Waals surface area contributed by atoms with Crippen LogP contribution >= 0.6 is 11.8 Å². The summed E-state index contributed by atoms with van der Waals surface area (Å²) in [6, 6.07) is -0.681. The number of aliphatic imine (C=N–C) groups is 1. The normalized spacial score (nSPS) is 32.9. The summed E-state index contributed by atoms with van der Waals surface area (Å²) in [7, 11) is 0. The molecule has 2 nitrogen and oxygen atoms in total. The smallest absolute Gasteiger partial charge is 0.174 e. The Morgan fingerprint density at radius 3 is 2.82 bits per heavy atom. The van der Waals surface area contributed by atoms with Gasteiger partial charge < -0.3 is 5.32 Å². The number of thioether (sulfide) groups is 1. The number of hydrogen-bond acceptors (Lipinski definition) is 3. The van der Waals surface area contributed by atoms with Crippen molar-refractivity contribution in [2.45, 2.75) is 24.9 Å². The van der Waals surface area contributed by atoms with E-state index in [4.69, 9.17) is 0 Å². The lowest BCUT2D eigenvalue weighted by atomic mass is 9.91. The predicted octanol–water partition coefficient (Wildman–Crippen LogP) is 3.09. The van der Waals surface area contributed by atoms with Gasteiger partial charge in [-0.1, -0.05) is 11.8 Å². The Morgan fingerprint density at radius 2 is 2.29 bits per heavy atom. The average molecular weight is 262 g/mol. The van der Waals surface area contributed by atoms with Crippen molar-refractivity contribution >= 4 is 17.3 Å². The first-order valence-electron chi connectivity index (χ1n) is 5.45. The number of alkyl halides is 1. The van der Waals surface area contributed by atoms with Crippen molar-refractivity contribution in [3.05, 3.63) is 23.4 Å². The predicted molar refractivity (Wildman–Crippen MR) is 63.9 cm³/mol. The molecular weight excluding hydrogens is 249 g/mol. The molecule has 2 aliphatic rings. The van der Waals surface area contributed by atoms with Gasteiger partial charge in [0, 0.05) is 18.9 Å². The molecule has 1 aliphatic carbocycles. The molecule has 6 heteroatoms. The van der Waals surface area contributed by atoms with E-state index in [0.717, 1.165) is 11.8 Å². The molecule has 94 valence electrons. The third-order valence-electron chi connectivity index (χ3n) is 2.77. The molecule has 0 radical (unpaired) electrons. The van der Waals surface area contributed by atoms with Crippen LogP contribution in [0.25, 0.3) is 0 Å². The second-order valence-electron chi connectivity index (χ2n) is 3.93. The molecule has 1 aliphatic heterocycles. The number of nitrogens with zero attached hydrogens (tertiary/aromatic N) is 1. The van der Waals surface area contributed by atoms with E-state index in [1.165, 1.54) is 11.6 Å². The van der Waals surface area contributed by atoms with Crippen LogP contribution in [0.4, 0.5) is 13.2 Å². The Labute approximate surface area is 102 Å². The Hall–Kier alpha value is -0.910. The summed E-state index contributed by atoms with van der Waals surface area (Å²) in [5, 5.41) is 2.63. The molecule has 0 saturated carbocycles. The van der Waals surface area contributed by atoms with Crippen molar-refractivity contribution in [3.8, 4) is 0 Å². The van der Waals surface area contributed by atoms with Crippen LogP contribution in [0.15, 0.2) is 28.4 Å². The van der Waals surface area contributed by atoms with Gasteiger partial charge in [0.1, 0.15) is 17.4 Å². The molecule has 3 unspecified atom stereocenters. The summed E-state index contributed by atoms with van der Waals surface area (Å²) in [6.45, 7) is 2.20. The van der Waals surface area contributed by atoms with E-state index >= 15 is 0 Å². The number of hydrogen-bond donors (Lipinski definition) is 1. The minimum Gasteiger partial charge on any atom is -0.381 e. The first-order valence-corrected chi connectivity index (χ1v) is 6.39. The van der Waals surface area contributed by atoms with Crippen molar-refractivity contribution in [1.82, 2.24) is 5.32 Å². The third kappa shape index (κ3) is 2.51. The summed E-state index contributed by atoms with van der Waals surface area (Å²) in [5.74, 6) is -1.75. The molecule has 0 fully saturated rings. The molecule has 0 saturated heterocycles. The van der Waals surface area contributed by atoms with Crippen LogP contribution in [-0.2, 0) is 0 Å². The third-order valence-corrected chi connectivity index (χ3v) is 3.55. The first kappa shape index (κ1) is 12.5. The minimum absolute atomic E-state index is 0.00125. The van der Waals surface area contributed by atoms with Gasteiger partial charge in [-0.15, -0.1) is 0 Å². The van der Waals surface area contributed by atoms with E-state index in [0.29, 0.717) is 6.54 Å². The quantitative estimate of drug-likeness (QED) is 0.845. The van der Waals surface area contributed by atoms with E-state index in [1.807, 2.05) is 0 Å². The van der Waals surface area contributed by atoms with Crippen molar-refractivity contribution in [3.63, 3.8) is 0 Å². The van der Waals surface area contributed by atoms with E-state index < -0.39 is 29.1 Å². The standard InChI is InChI=1S/C11H13F3N2S/c1-2-15-10-7(12)3-6(4-8(10)13)9-11(14)17-5-16-9/h3,5-6,9,11,15H,2,4H2,1H3. The fraction of sp³-hybridized carbons (Fsp3) is 0.545. The average Bonchev–Trinajstić information content (AvgIpc) is 2.69. The second kappa shape index (κ2) is 5.16. The van der Waals surface area contributed by atoms with Crippen LogP contribution in [0.1, 0.15) is 13.3 Å². The second-order valence-corrected chi connectivity index (χ2v) is 4.86. The molecule has 3 atom stereocenters. The summed E-state index contributed by atoms with van der Waals surface area (Å²) < 4.78 is 40.7. The highest BCUT2D eigenvalue weighted by atomic mass is 32.2. The van der Waals surface area contributed by atoms with E-state index in [-0.39, 0.29) is 12.1 Å². The largest absolute Gasteiger partial charge is 0.381 e. The number of rotatable bonds is 3. The van der Waals surface area contributed by atoms with Crippen molar-refractivity contribution in [2.24, 2.45) is 10.9 Å². The van der Waals surface area contributed by atoms with Gasteiger partial charge in [-0.2, -0.15) is 0 Å². The van der Waals surface area contributed by atoms with Gasteiger partial charge in [0.05, 0.1) is 11.6 Å². The molecule has 1 N–H and O–H groups in total. The summed E-state index contributed by atoms with van der Waals surface area (Å²) in [6.07, 6.45) is 1.26. The van der Waals surface area contributed by atoms with Gasteiger partial charge in [-0.25, -0.2) is 13.2 Å². The molecule has 1 heterocycles. The van der Waals surface area contributed by atoms with Gasteiger partial charge in [0.15, 0.2) is 5.50 Å². The van der Waals surface area contributed by atoms with Crippen LogP contribution in [0.3, 0.4) is 0 Å². The van der Waals surface area contributed by atoms with Crippen LogP contribution < -0.4 is 5.32 Å². The van der Waals surface area contributed by atoms with E-state index in [1.54, 1.807) is 6.92 Å². The number of likely N-dealkylation sites (N-methyl/N-ethyl adjacent to an activating group) is 1. The topological polar surface area (TPSA) is 24.4 Å². The molecule has 0 bridgehead atoms. The molecule has 2 rings (SSSR count). The Kier molecular flexibility index (Phi) is 3.81. The summed E-state index contributed by atoms with van der Waals surface area (Å²) in [5.41, 5.74) is 0.0917. The fourth-order valence-electron chi connectivity index (χ4n) is 1.96. The molecule has 0 spiro atoms. The zero-order valence-corrected chi connectivity index (χ0v) is 10.1. The number of halogens is 3. The maximum absolute atomic E-state index is 13.7. The van der Waals surface area contributed by atoms with Gasteiger partial charge in [0.2, 0.25) is 0 Å². The highest BCUT2D eigenvalue weighted by Gasteiger charge is 2.35. The molecule has 17 heavy (non-hydrogen) atoms. The molecule has 0 aromatic carbocycles. The fourth-order valence-corrected chi connectivity index (χ4v) is 2.72. The SMILES string of the molecule is CCNC1=C(F)CC(C2N=CSC2F)C=C1F. The number of allylic oxidation sites excluding steroid dienone is 2. The van der Waals surface area contributed by atoms with E-state index in [9.17, 15) is 13.2 Å². The van der Waals surface area contributed by atoms with Crippen LogP contribution in [0, 0.1) is 5.92 Å². The van der Waals surface area contributed by atoms with Crippen LogP contribution in [-0.4, -0.2) is 23.6 Å². The van der Waals surface area contributed by atoms with Crippen molar-refractivity contribution in [2.75, 3.05) is 6.54 Å². The lowest BCUT2D eigenvalue weighted by Crippen LogP contribution is -2.27. The monoisotopic (exact) mass is 262 g/mol. The Balaban J connectivity index is 2.14.